The lowest BCUT2D eigenvalue weighted by atomic mass is 9.87. The molecule has 3 aromatic rings. The van der Waals surface area contributed by atoms with E-state index in [2.05, 4.69) is 45.0 Å². The molecule has 1 N–H and O–H groups in total. The number of hydrogen-bond donors (Lipinski definition) is 1. The molecule has 4 fully saturated rings. The molecule has 0 bridgehead atoms. The van der Waals surface area contributed by atoms with Gasteiger partial charge in [-0.2, -0.15) is 0 Å². The Morgan fingerprint density at radius 2 is 1.74 bits per heavy atom. The van der Waals surface area contributed by atoms with Gasteiger partial charge in [-0.1, -0.05) is 30.3 Å². The molecule has 3 saturated heterocycles. The van der Waals surface area contributed by atoms with Gasteiger partial charge in [0.2, 0.25) is 5.95 Å². The maximum atomic E-state index is 12.7. The summed E-state index contributed by atoms with van der Waals surface area (Å²) in [6.45, 7) is 8.54. The Balaban J connectivity index is 1.16. The van der Waals surface area contributed by atoms with Crippen LogP contribution in [0.3, 0.4) is 0 Å². The minimum absolute atomic E-state index is 0.0215. The Hall–Kier alpha value is -4.30. The first-order valence-electron chi connectivity index (χ1n) is 19.7. The van der Waals surface area contributed by atoms with Gasteiger partial charge in [-0.05, 0) is 81.5 Å². The summed E-state index contributed by atoms with van der Waals surface area (Å²) in [6, 6.07) is 16.6. The summed E-state index contributed by atoms with van der Waals surface area (Å²) in [4.78, 5) is 44.9. The third-order valence-corrected chi connectivity index (χ3v) is 11.6. The standard InChI is InChI=1S/C41H53N7O6/c1-29-25-48(28-44(2)38(29)49)32-11-14-35-34(24-32)37(41(54-33-12-13-33,31-8-4-3-5-9-31)27-53-36-10-6-7-23-52-36)43-39(42-35)46-17-15-30(16-18-46)26-45-19-21-47(22-20-45)40(50)51/h3-5,8-9,11,14,24-25,30,33,36H,6-7,10,12-13,15-23,26-28H2,1-2H3,(H,50,51). The molecule has 8 rings (SSSR count). The maximum absolute atomic E-state index is 12.7. The number of nitrogens with zero attached hydrogens (tertiary/aromatic N) is 7. The van der Waals surface area contributed by atoms with E-state index in [9.17, 15) is 14.7 Å². The number of piperazine rings is 1. The molecule has 1 saturated carbocycles. The molecule has 2 amide bonds. The van der Waals surface area contributed by atoms with Crippen LogP contribution in [0, 0.1) is 5.92 Å². The summed E-state index contributed by atoms with van der Waals surface area (Å²) >= 11 is 0. The van der Waals surface area contributed by atoms with Crippen molar-refractivity contribution in [3.8, 4) is 0 Å². The average molecular weight is 740 g/mol. The molecule has 5 heterocycles. The molecule has 2 aromatic carbocycles. The lowest BCUT2D eigenvalue weighted by Crippen LogP contribution is -2.50. The number of fused-ring (bicyclic) bond motifs is 1. The molecule has 4 aliphatic heterocycles. The second-order valence-corrected chi connectivity index (χ2v) is 15.6. The van der Waals surface area contributed by atoms with Gasteiger partial charge in [-0.25, -0.2) is 14.8 Å². The Morgan fingerprint density at radius 3 is 2.43 bits per heavy atom. The molecule has 1 aliphatic carbocycles. The number of amides is 2. The predicted molar refractivity (Wildman–Crippen MR) is 205 cm³/mol. The molecule has 1 aromatic heterocycles. The van der Waals surface area contributed by atoms with Crippen molar-refractivity contribution in [2.24, 2.45) is 5.92 Å². The number of anilines is 2. The maximum Gasteiger partial charge on any atom is 0.407 e. The van der Waals surface area contributed by atoms with Gasteiger partial charge in [0, 0.05) is 82.3 Å². The number of hydrogen-bond acceptors (Lipinski definition) is 10. The number of aromatic nitrogens is 2. The Bertz CT molecular complexity index is 1830. The van der Waals surface area contributed by atoms with Crippen LogP contribution in [0.15, 0.2) is 60.3 Å². The van der Waals surface area contributed by atoms with Gasteiger partial charge < -0.3 is 38.9 Å². The van der Waals surface area contributed by atoms with Crippen molar-refractivity contribution in [2.45, 2.75) is 69.9 Å². The minimum atomic E-state index is -1.03. The summed E-state index contributed by atoms with van der Waals surface area (Å²) in [6.07, 6.45) is 7.77. The molecule has 2 atom stereocenters. The van der Waals surface area contributed by atoms with E-state index in [-0.39, 0.29) is 24.9 Å². The van der Waals surface area contributed by atoms with Crippen LogP contribution in [0.4, 0.5) is 16.4 Å². The number of carbonyl (C=O) groups is 2. The summed E-state index contributed by atoms with van der Waals surface area (Å²) in [5.74, 6) is 1.23. The van der Waals surface area contributed by atoms with Crippen molar-refractivity contribution in [3.63, 3.8) is 0 Å². The van der Waals surface area contributed by atoms with Gasteiger partial charge in [0.25, 0.3) is 5.91 Å². The number of rotatable bonds is 11. The van der Waals surface area contributed by atoms with Crippen molar-refractivity contribution in [1.29, 1.82) is 0 Å². The summed E-state index contributed by atoms with van der Waals surface area (Å²) < 4.78 is 20.0. The molecule has 54 heavy (non-hydrogen) atoms. The third kappa shape index (κ3) is 7.91. The molecular formula is C41H53N7O6. The largest absolute Gasteiger partial charge is 0.465 e. The van der Waals surface area contributed by atoms with E-state index in [1.165, 1.54) is 4.90 Å². The van der Waals surface area contributed by atoms with E-state index in [1.54, 1.807) is 4.90 Å². The quantitative estimate of drug-likeness (QED) is 0.278. The first-order valence-corrected chi connectivity index (χ1v) is 19.7. The fourth-order valence-corrected chi connectivity index (χ4v) is 8.29. The molecule has 288 valence electrons. The normalized spacial score (nSPS) is 23.1. The lowest BCUT2D eigenvalue weighted by Gasteiger charge is -2.39. The Kier molecular flexibility index (Phi) is 10.7. The van der Waals surface area contributed by atoms with Gasteiger partial charge in [0.1, 0.15) is 0 Å². The summed E-state index contributed by atoms with van der Waals surface area (Å²) in [7, 11) is 1.82. The van der Waals surface area contributed by atoms with E-state index in [4.69, 9.17) is 24.2 Å². The van der Waals surface area contributed by atoms with Gasteiger partial charge in [-0.3, -0.25) is 9.69 Å². The Morgan fingerprint density at radius 1 is 0.963 bits per heavy atom. The zero-order chi connectivity index (χ0) is 37.2. The molecule has 2 unspecified atom stereocenters. The molecule has 13 nitrogen and oxygen atoms in total. The van der Waals surface area contributed by atoms with Gasteiger partial charge in [-0.15, -0.1) is 0 Å². The monoisotopic (exact) mass is 739 g/mol. The zero-order valence-electron chi connectivity index (χ0n) is 31.6. The van der Waals surface area contributed by atoms with Crippen molar-refractivity contribution in [2.75, 3.05) is 82.5 Å². The number of carboxylic acid groups (broad SMARTS) is 1. The SMILES string of the molecule is CC1=CN(c2ccc3nc(N4CCC(CN5CCN(C(=O)O)CC5)CC4)nc(C(COC4CCCCO4)(OC4CC4)c4ccccc4)c3c2)CN(C)C1=O. The number of ether oxygens (including phenoxy) is 3. The second kappa shape index (κ2) is 15.8. The van der Waals surface area contributed by atoms with E-state index in [0.717, 1.165) is 106 Å². The highest BCUT2D eigenvalue weighted by atomic mass is 16.7. The minimum Gasteiger partial charge on any atom is -0.465 e. The smallest absolute Gasteiger partial charge is 0.407 e. The fourth-order valence-electron chi connectivity index (χ4n) is 8.29. The van der Waals surface area contributed by atoms with Gasteiger partial charge >= 0.3 is 6.09 Å². The van der Waals surface area contributed by atoms with Crippen LogP contribution in [0.1, 0.15) is 63.1 Å². The van der Waals surface area contributed by atoms with E-state index >= 15 is 0 Å². The van der Waals surface area contributed by atoms with Crippen LogP contribution >= 0.6 is 0 Å². The lowest BCUT2D eigenvalue weighted by molar-refractivity contribution is -0.197. The van der Waals surface area contributed by atoms with Crippen LogP contribution in [-0.4, -0.2) is 127 Å². The highest BCUT2D eigenvalue weighted by Gasteiger charge is 2.45. The predicted octanol–water partition coefficient (Wildman–Crippen LogP) is 5.25. The first kappa shape index (κ1) is 36.7. The van der Waals surface area contributed by atoms with E-state index in [1.807, 2.05) is 38.4 Å². The number of piperidine rings is 1. The number of likely N-dealkylation sites (N-methyl/N-ethyl adjacent to an activating group) is 1. The summed E-state index contributed by atoms with van der Waals surface area (Å²) in [5, 5.41) is 10.3. The molecule has 0 radical (unpaired) electrons. The van der Waals surface area contributed by atoms with Crippen molar-refractivity contribution >= 4 is 34.5 Å². The van der Waals surface area contributed by atoms with E-state index in [0.29, 0.717) is 43.8 Å². The van der Waals surface area contributed by atoms with Crippen LogP contribution < -0.4 is 9.80 Å². The third-order valence-electron chi connectivity index (χ3n) is 11.6. The topological polar surface area (TPSA) is 124 Å². The van der Waals surface area contributed by atoms with Crippen molar-refractivity contribution < 1.29 is 28.9 Å². The van der Waals surface area contributed by atoms with Crippen LogP contribution in [0.25, 0.3) is 10.9 Å². The molecule has 0 spiro atoms. The molecular weight excluding hydrogens is 686 g/mol. The van der Waals surface area contributed by atoms with Gasteiger partial charge in [0.05, 0.1) is 30.6 Å². The number of benzene rings is 2. The second-order valence-electron chi connectivity index (χ2n) is 15.6. The average Bonchev–Trinajstić information content (AvgIpc) is 4.03. The molecule has 13 heteroatoms. The van der Waals surface area contributed by atoms with Crippen LogP contribution in [0.5, 0.6) is 0 Å². The fraction of sp³-hybridized carbons (Fsp3) is 0.561. The highest BCUT2D eigenvalue weighted by Crippen LogP contribution is 2.44. The zero-order valence-corrected chi connectivity index (χ0v) is 31.6. The van der Waals surface area contributed by atoms with E-state index < -0.39 is 11.7 Å². The first-order chi connectivity index (χ1) is 26.3. The molecule has 5 aliphatic rings. The Labute approximate surface area is 317 Å². The van der Waals surface area contributed by atoms with Crippen LogP contribution in [-0.2, 0) is 24.6 Å². The van der Waals surface area contributed by atoms with Gasteiger partial charge in [0.15, 0.2) is 11.9 Å². The van der Waals surface area contributed by atoms with Crippen molar-refractivity contribution in [1.82, 2.24) is 24.7 Å². The summed E-state index contributed by atoms with van der Waals surface area (Å²) in [5.41, 5.74) is 3.16. The van der Waals surface area contributed by atoms with Crippen molar-refractivity contribution in [3.05, 3.63) is 71.6 Å². The highest BCUT2D eigenvalue weighted by molar-refractivity contribution is 5.95. The number of carbonyl (C=O) groups excluding carboxylic acids is 1. The van der Waals surface area contributed by atoms with Crippen LogP contribution in [0.2, 0.25) is 0 Å².